The van der Waals surface area contributed by atoms with E-state index in [4.69, 9.17) is 9.26 Å². The first kappa shape index (κ1) is 17.7. The molecule has 0 saturated carbocycles. The van der Waals surface area contributed by atoms with Gasteiger partial charge in [0.1, 0.15) is 5.75 Å². The van der Waals surface area contributed by atoms with Gasteiger partial charge < -0.3 is 14.6 Å². The fourth-order valence-corrected chi connectivity index (χ4v) is 2.60. The zero-order valence-electron chi connectivity index (χ0n) is 14.8. The first-order valence-corrected chi connectivity index (χ1v) is 8.38. The summed E-state index contributed by atoms with van der Waals surface area (Å²) in [6.45, 7) is 2.56. The van der Waals surface area contributed by atoms with Gasteiger partial charge in [0.15, 0.2) is 0 Å². The van der Waals surface area contributed by atoms with Crippen LogP contribution in [0.3, 0.4) is 0 Å². The Kier molecular flexibility index (Phi) is 5.62. The van der Waals surface area contributed by atoms with Crippen LogP contribution in [0.4, 0.5) is 0 Å². The maximum absolute atomic E-state index is 12.1. The van der Waals surface area contributed by atoms with Gasteiger partial charge in [-0.25, -0.2) is 0 Å². The quantitative estimate of drug-likeness (QED) is 0.665. The lowest BCUT2D eigenvalue weighted by molar-refractivity contribution is -0.121. The smallest absolute Gasteiger partial charge is 0.227 e. The monoisotopic (exact) mass is 355 g/mol. The number of ether oxygens (including phenoxy) is 1. The molecule has 1 atom stereocenters. The Bertz CT molecular complexity index is 844. The summed E-state index contributed by atoms with van der Waals surface area (Å²) in [6, 6.07) is 9.27. The van der Waals surface area contributed by atoms with E-state index in [1.54, 1.807) is 18.0 Å². The number of hydrogen-bond donors (Lipinski definition) is 1. The number of carbonyl (C=O) groups excluding carboxylic acids is 1. The second-order valence-corrected chi connectivity index (χ2v) is 5.91. The van der Waals surface area contributed by atoms with E-state index in [-0.39, 0.29) is 18.4 Å². The maximum atomic E-state index is 12.1. The predicted octanol–water partition coefficient (Wildman–Crippen LogP) is 2.08. The van der Waals surface area contributed by atoms with E-state index in [2.05, 4.69) is 20.6 Å². The fraction of sp³-hybridized carbons (Fsp3) is 0.333. The molecule has 8 nitrogen and oxygen atoms in total. The minimum Gasteiger partial charge on any atom is -0.496 e. The van der Waals surface area contributed by atoms with Gasteiger partial charge in [0.25, 0.3) is 0 Å². The van der Waals surface area contributed by atoms with Gasteiger partial charge in [-0.2, -0.15) is 10.1 Å². The summed E-state index contributed by atoms with van der Waals surface area (Å²) in [4.78, 5) is 16.4. The molecule has 0 bridgehead atoms. The first-order valence-electron chi connectivity index (χ1n) is 8.38. The largest absolute Gasteiger partial charge is 0.496 e. The van der Waals surface area contributed by atoms with Crippen molar-refractivity contribution in [1.82, 2.24) is 25.2 Å². The molecule has 0 spiro atoms. The summed E-state index contributed by atoms with van der Waals surface area (Å²) < 4.78 is 12.3. The third-order valence-electron chi connectivity index (χ3n) is 3.81. The molecule has 0 radical (unpaired) electrons. The molecule has 2 heterocycles. The number of rotatable bonds is 8. The molecular weight excluding hydrogens is 334 g/mol. The molecule has 8 heteroatoms. The highest BCUT2D eigenvalue weighted by Gasteiger charge is 2.14. The third kappa shape index (κ3) is 4.47. The van der Waals surface area contributed by atoms with Crippen LogP contribution in [-0.2, 0) is 17.8 Å². The molecule has 0 fully saturated rings. The molecule has 1 N–H and O–H groups in total. The van der Waals surface area contributed by atoms with E-state index in [1.807, 2.05) is 43.5 Å². The molecule has 0 saturated heterocycles. The zero-order valence-corrected chi connectivity index (χ0v) is 14.8. The molecule has 0 aliphatic heterocycles. The number of benzene rings is 1. The summed E-state index contributed by atoms with van der Waals surface area (Å²) in [6.07, 6.45) is 4.23. The Morgan fingerprint density at radius 1 is 1.35 bits per heavy atom. The van der Waals surface area contributed by atoms with Crippen LogP contribution < -0.4 is 10.1 Å². The lowest BCUT2D eigenvalue weighted by Gasteiger charge is -2.13. The van der Waals surface area contributed by atoms with Gasteiger partial charge in [0.05, 0.1) is 19.2 Å². The van der Waals surface area contributed by atoms with Gasteiger partial charge in [0, 0.05) is 31.3 Å². The molecule has 1 amide bonds. The van der Waals surface area contributed by atoms with Crippen molar-refractivity contribution in [3.8, 4) is 17.1 Å². The van der Waals surface area contributed by atoms with E-state index in [9.17, 15) is 4.79 Å². The number of amides is 1. The molecule has 2 aromatic heterocycles. The van der Waals surface area contributed by atoms with E-state index in [0.717, 1.165) is 5.56 Å². The molecule has 1 aromatic carbocycles. The summed E-state index contributed by atoms with van der Waals surface area (Å²) in [5, 5.41) is 11.0. The molecule has 0 unspecified atom stereocenters. The van der Waals surface area contributed by atoms with Crippen molar-refractivity contribution in [2.24, 2.45) is 0 Å². The van der Waals surface area contributed by atoms with Crippen LogP contribution in [0.1, 0.15) is 19.2 Å². The summed E-state index contributed by atoms with van der Waals surface area (Å²) in [7, 11) is 1.59. The van der Waals surface area contributed by atoms with Crippen LogP contribution in [0, 0.1) is 0 Å². The number of nitrogens with one attached hydrogen (secondary N) is 1. The molecule has 136 valence electrons. The topological polar surface area (TPSA) is 95.1 Å². The Labute approximate surface area is 151 Å². The lowest BCUT2D eigenvalue weighted by Crippen LogP contribution is -2.35. The molecule has 26 heavy (non-hydrogen) atoms. The van der Waals surface area contributed by atoms with E-state index in [0.29, 0.717) is 30.4 Å². The van der Waals surface area contributed by atoms with E-state index in [1.165, 1.54) is 0 Å². The standard InChI is InChI=1S/C18H21N5O3/c1-13(12-23-11-5-10-19-23)20-16(24)8-9-17-21-18(22-26-17)14-6-3-4-7-15(14)25-2/h3-7,10-11,13H,8-9,12H2,1-2H3,(H,20,24)/t13-/m1/s1. The van der Waals surface area contributed by atoms with E-state index < -0.39 is 0 Å². The second-order valence-electron chi connectivity index (χ2n) is 5.91. The van der Waals surface area contributed by atoms with Crippen molar-refractivity contribution in [3.05, 3.63) is 48.6 Å². The van der Waals surface area contributed by atoms with Gasteiger partial charge in [-0.15, -0.1) is 0 Å². The Hall–Kier alpha value is -3.16. The van der Waals surface area contributed by atoms with Crippen molar-refractivity contribution in [3.63, 3.8) is 0 Å². The van der Waals surface area contributed by atoms with Crippen LogP contribution in [0.25, 0.3) is 11.4 Å². The summed E-state index contributed by atoms with van der Waals surface area (Å²) >= 11 is 0. The van der Waals surface area contributed by atoms with Crippen molar-refractivity contribution in [2.75, 3.05) is 7.11 Å². The fourth-order valence-electron chi connectivity index (χ4n) is 2.60. The highest BCUT2D eigenvalue weighted by molar-refractivity contribution is 5.76. The lowest BCUT2D eigenvalue weighted by atomic mass is 10.2. The number of methoxy groups -OCH3 is 1. The summed E-state index contributed by atoms with van der Waals surface area (Å²) in [5.74, 6) is 1.47. The van der Waals surface area contributed by atoms with Crippen LogP contribution in [0.15, 0.2) is 47.2 Å². The van der Waals surface area contributed by atoms with Gasteiger partial charge in [0.2, 0.25) is 17.6 Å². The zero-order chi connectivity index (χ0) is 18.4. The van der Waals surface area contributed by atoms with Crippen LogP contribution in [-0.4, -0.2) is 39.0 Å². The highest BCUT2D eigenvalue weighted by atomic mass is 16.5. The molecule has 3 aromatic rings. The Balaban J connectivity index is 1.52. The average Bonchev–Trinajstić information content (AvgIpc) is 3.31. The number of carbonyl (C=O) groups is 1. The molecular formula is C18H21N5O3. The third-order valence-corrected chi connectivity index (χ3v) is 3.81. The molecule has 3 rings (SSSR count). The van der Waals surface area contributed by atoms with Crippen molar-refractivity contribution in [2.45, 2.75) is 32.4 Å². The van der Waals surface area contributed by atoms with Crippen LogP contribution >= 0.6 is 0 Å². The van der Waals surface area contributed by atoms with Gasteiger partial charge in [-0.1, -0.05) is 17.3 Å². The number of nitrogens with zero attached hydrogens (tertiary/aromatic N) is 4. The Morgan fingerprint density at radius 2 is 2.19 bits per heavy atom. The maximum Gasteiger partial charge on any atom is 0.227 e. The number of aryl methyl sites for hydroxylation is 1. The normalized spacial score (nSPS) is 11.9. The minimum atomic E-state index is -0.0679. The SMILES string of the molecule is COc1ccccc1-c1noc(CCC(=O)N[C@H](C)Cn2cccn2)n1. The van der Waals surface area contributed by atoms with E-state index >= 15 is 0 Å². The highest BCUT2D eigenvalue weighted by Crippen LogP contribution is 2.27. The minimum absolute atomic E-state index is 0.0192. The van der Waals surface area contributed by atoms with Gasteiger partial charge in [-0.05, 0) is 25.1 Å². The van der Waals surface area contributed by atoms with Crippen molar-refractivity contribution in [1.29, 1.82) is 0 Å². The Morgan fingerprint density at radius 3 is 2.96 bits per heavy atom. The van der Waals surface area contributed by atoms with Crippen LogP contribution in [0.2, 0.25) is 0 Å². The van der Waals surface area contributed by atoms with Gasteiger partial charge >= 0.3 is 0 Å². The van der Waals surface area contributed by atoms with Gasteiger partial charge in [-0.3, -0.25) is 9.48 Å². The average molecular weight is 355 g/mol. The van der Waals surface area contributed by atoms with Crippen molar-refractivity contribution >= 4 is 5.91 Å². The molecule has 0 aliphatic rings. The first-order chi connectivity index (χ1) is 12.7. The number of para-hydroxylation sites is 1. The van der Waals surface area contributed by atoms with Crippen molar-refractivity contribution < 1.29 is 14.1 Å². The van der Waals surface area contributed by atoms with Crippen LogP contribution in [0.5, 0.6) is 5.75 Å². The predicted molar refractivity (Wildman–Crippen MR) is 94.4 cm³/mol. The number of aromatic nitrogens is 4. The number of hydrogen-bond acceptors (Lipinski definition) is 6. The second kappa shape index (κ2) is 8.28. The molecule has 0 aliphatic carbocycles. The summed E-state index contributed by atoms with van der Waals surface area (Å²) in [5.41, 5.74) is 0.752.